The first-order valence-electron chi connectivity index (χ1n) is 9.53. The minimum absolute atomic E-state index is 0.0171. The summed E-state index contributed by atoms with van der Waals surface area (Å²) in [6.07, 6.45) is 4.87. The molecular formula is C20H32N2O4. The van der Waals surface area contributed by atoms with Crippen LogP contribution in [0.25, 0.3) is 0 Å². The maximum absolute atomic E-state index is 13.1. The normalized spacial score (nSPS) is 17.3. The Balaban J connectivity index is 2.10. The van der Waals surface area contributed by atoms with Crippen LogP contribution in [0.3, 0.4) is 0 Å². The van der Waals surface area contributed by atoms with Gasteiger partial charge in [-0.25, -0.2) is 0 Å². The number of furan rings is 1. The Kier molecular flexibility index (Phi) is 7.26. The van der Waals surface area contributed by atoms with Crippen molar-refractivity contribution >= 4 is 11.8 Å². The number of amides is 2. The summed E-state index contributed by atoms with van der Waals surface area (Å²) in [7, 11) is 0. The fourth-order valence-corrected chi connectivity index (χ4v) is 3.16. The fraction of sp³-hybridized carbons (Fsp3) is 0.700. The van der Waals surface area contributed by atoms with Crippen LogP contribution in [0.2, 0.25) is 0 Å². The van der Waals surface area contributed by atoms with Crippen molar-refractivity contribution in [3.05, 3.63) is 24.2 Å². The quantitative estimate of drug-likeness (QED) is 0.710. The van der Waals surface area contributed by atoms with Gasteiger partial charge in [0.2, 0.25) is 11.8 Å². The fourth-order valence-electron chi connectivity index (χ4n) is 3.16. The molecule has 6 heteroatoms. The highest BCUT2D eigenvalue weighted by molar-refractivity contribution is 5.85. The smallest absolute Gasteiger partial charge is 0.242 e. The molecule has 1 fully saturated rings. The lowest BCUT2D eigenvalue weighted by Gasteiger charge is -2.37. The van der Waals surface area contributed by atoms with Crippen molar-refractivity contribution in [1.82, 2.24) is 9.80 Å². The molecule has 0 spiro atoms. The van der Waals surface area contributed by atoms with Crippen LogP contribution in [0.15, 0.2) is 22.8 Å². The van der Waals surface area contributed by atoms with Gasteiger partial charge >= 0.3 is 0 Å². The number of carbonyl (C=O) groups is 2. The van der Waals surface area contributed by atoms with Crippen LogP contribution >= 0.6 is 0 Å². The number of hydrogen-bond donors (Lipinski definition) is 0. The van der Waals surface area contributed by atoms with Crippen molar-refractivity contribution in [1.29, 1.82) is 0 Å². The summed E-state index contributed by atoms with van der Waals surface area (Å²) in [6, 6.07) is 3.68. The molecule has 1 atom stereocenters. The van der Waals surface area contributed by atoms with E-state index in [1.807, 2.05) is 39.8 Å². The van der Waals surface area contributed by atoms with Crippen LogP contribution in [-0.2, 0) is 20.9 Å². The molecule has 1 unspecified atom stereocenters. The molecule has 1 aromatic heterocycles. The molecule has 0 bridgehead atoms. The second kappa shape index (κ2) is 9.21. The molecule has 1 aliphatic heterocycles. The van der Waals surface area contributed by atoms with E-state index >= 15 is 0 Å². The third-order valence-electron chi connectivity index (χ3n) is 4.60. The summed E-state index contributed by atoms with van der Waals surface area (Å²) >= 11 is 0. The van der Waals surface area contributed by atoms with E-state index in [4.69, 9.17) is 9.15 Å². The zero-order chi connectivity index (χ0) is 19.2. The lowest BCUT2D eigenvalue weighted by Crippen LogP contribution is -2.51. The van der Waals surface area contributed by atoms with E-state index in [2.05, 4.69) is 0 Å². The maximum atomic E-state index is 13.1. The van der Waals surface area contributed by atoms with Crippen molar-refractivity contribution in [2.45, 2.75) is 71.6 Å². The van der Waals surface area contributed by atoms with E-state index in [0.29, 0.717) is 19.5 Å². The monoisotopic (exact) mass is 364 g/mol. The predicted octanol–water partition coefficient (Wildman–Crippen LogP) is 3.21. The molecule has 0 saturated carbocycles. The standard InChI is InChI=1S/C20H32N2O4/c1-5-8-18(23)22(20(2,3)4)15-19(24)21(13-16-9-6-11-25-16)14-17-10-7-12-26-17/h6,9,11,17H,5,7-8,10,12-15H2,1-4H3. The Labute approximate surface area is 156 Å². The van der Waals surface area contributed by atoms with Crippen LogP contribution in [-0.4, -0.2) is 53.0 Å². The van der Waals surface area contributed by atoms with Gasteiger partial charge in [0.25, 0.3) is 0 Å². The number of hydrogen-bond acceptors (Lipinski definition) is 4. The van der Waals surface area contributed by atoms with E-state index in [9.17, 15) is 9.59 Å². The van der Waals surface area contributed by atoms with Gasteiger partial charge in [0.1, 0.15) is 12.3 Å². The van der Waals surface area contributed by atoms with Gasteiger partial charge < -0.3 is 19.0 Å². The zero-order valence-corrected chi connectivity index (χ0v) is 16.5. The molecule has 2 amide bonds. The first kappa shape index (κ1) is 20.5. The van der Waals surface area contributed by atoms with E-state index in [-0.39, 0.29) is 24.5 Å². The van der Waals surface area contributed by atoms with E-state index < -0.39 is 5.54 Å². The molecule has 0 radical (unpaired) electrons. The average molecular weight is 364 g/mol. The summed E-state index contributed by atoms with van der Waals surface area (Å²) in [4.78, 5) is 29.0. The van der Waals surface area contributed by atoms with Crippen molar-refractivity contribution in [3.63, 3.8) is 0 Å². The maximum Gasteiger partial charge on any atom is 0.242 e. The highest BCUT2D eigenvalue weighted by Gasteiger charge is 2.31. The van der Waals surface area contributed by atoms with Gasteiger partial charge in [-0.05, 0) is 52.2 Å². The summed E-state index contributed by atoms with van der Waals surface area (Å²) < 4.78 is 11.1. The van der Waals surface area contributed by atoms with Crippen molar-refractivity contribution in [2.24, 2.45) is 0 Å². The number of ether oxygens (including phenoxy) is 1. The molecule has 1 aromatic rings. The Morgan fingerprint density at radius 3 is 2.58 bits per heavy atom. The Bertz CT molecular complexity index is 571. The third kappa shape index (κ3) is 5.87. The molecule has 26 heavy (non-hydrogen) atoms. The van der Waals surface area contributed by atoms with E-state index in [0.717, 1.165) is 31.6 Å². The second-order valence-electron chi connectivity index (χ2n) is 7.89. The molecule has 146 valence electrons. The molecular weight excluding hydrogens is 332 g/mol. The number of carbonyl (C=O) groups excluding carboxylic acids is 2. The van der Waals surface area contributed by atoms with Crippen LogP contribution in [0.5, 0.6) is 0 Å². The third-order valence-corrected chi connectivity index (χ3v) is 4.60. The van der Waals surface area contributed by atoms with Gasteiger partial charge in [0.15, 0.2) is 0 Å². The second-order valence-corrected chi connectivity index (χ2v) is 7.89. The number of nitrogens with zero attached hydrogens (tertiary/aromatic N) is 2. The van der Waals surface area contributed by atoms with Gasteiger partial charge in [-0.2, -0.15) is 0 Å². The molecule has 2 rings (SSSR count). The molecule has 0 aromatic carbocycles. The molecule has 2 heterocycles. The lowest BCUT2D eigenvalue weighted by atomic mass is 10.0. The van der Waals surface area contributed by atoms with Gasteiger partial charge in [-0.3, -0.25) is 9.59 Å². The molecule has 1 aliphatic rings. The first-order valence-corrected chi connectivity index (χ1v) is 9.53. The van der Waals surface area contributed by atoms with Gasteiger partial charge in [0, 0.05) is 25.1 Å². The average Bonchev–Trinajstić information content (AvgIpc) is 3.24. The highest BCUT2D eigenvalue weighted by atomic mass is 16.5. The summed E-state index contributed by atoms with van der Waals surface area (Å²) in [5, 5.41) is 0. The predicted molar refractivity (Wildman–Crippen MR) is 99.5 cm³/mol. The minimum atomic E-state index is -0.401. The molecule has 0 N–H and O–H groups in total. The summed E-state index contributed by atoms with van der Waals surface area (Å²) in [5.74, 6) is 0.679. The van der Waals surface area contributed by atoms with E-state index in [1.165, 1.54) is 0 Å². The van der Waals surface area contributed by atoms with Crippen LogP contribution in [0.4, 0.5) is 0 Å². The topological polar surface area (TPSA) is 63.0 Å². The Morgan fingerprint density at radius 1 is 1.27 bits per heavy atom. The minimum Gasteiger partial charge on any atom is -0.467 e. The summed E-state index contributed by atoms with van der Waals surface area (Å²) in [5.41, 5.74) is -0.401. The van der Waals surface area contributed by atoms with Crippen molar-refractivity contribution in [2.75, 3.05) is 19.7 Å². The Morgan fingerprint density at radius 2 is 2.04 bits per heavy atom. The van der Waals surface area contributed by atoms with Gasteiger partial charge in [-0.1, -0.05) is 6.92 Å². The number of rotatable bonds is 8. The van der Waals surface area contributed by atoms with Crippen LogP contribution in [0, 0.1) is 0 Å². The largest absolute Gasteiger partial charge is 0.467 e. The molecule has 6 nitrogen and oxygen atoms in total. The van der Waals surface area contributed by atoms with Crippen LogP contribution in [0.1, 0.15) is 59.1 Å². The van der Waals surface area contributed by atoms with Gasteiger partial charge in [0.05, 0.1) is 18.9 Å². The molecule has 1 saturated heterocycles. The van der Waals surface area contributed by atoms with Crippen molar-refractivity contribution in [3.8, 4) is 0 Å². The summed E-state index contributed by atoms with van der Waals surface area (Å²) in [6.45, 7) is 9.61. The lowest BCUT2D eigenvalue weighted by molar-refractivity contribution is -0.146. The van der Waals surface area contributed by atoms with Gasteiger partial charge in [-0.15, -0.1) is 0 Å². The van der Waals surface area contributed by atoms with Crippen LogP contribution < -0.4 is 0 Å². The van der Waals surface area contributed by atoms with Crippen molar-refractivity contribution < 1.29 is 18.7 Å². The highest BCUT2D eigenvalue weighted by Crippen LogP contribution is 2.19. The molecule has 0 aliphatic carbocycles. The SMILES string of the molecule is CCCC(=O)N(CC(=O)N(Cc1ccco1)CC1CCCO1)C(C)(C)C. The van der Waals surface area contributed by atoms with E-state index in [1.54, 1.807) is 16.1 Å². The Hall–Kier alpha value is -1.82. The first-order chi connectivity index (χ1) is 12.3. The zero-order valence-electron chi connectivity index (χ0n) is 16.5.